The first-order chi connectivity index (χ1) is 8.88. The molecule has 19 heavy (non-hydrogen) atoms. The van der Waals surface area contributed by atoms with Crippen molar-refractivity contribution in [2.75, 3.05) is 0 Å². The van der Waals surface area contributed by atoms with E-state index >= 15 is 0 Å². The summed E-state index contributed by atoms with van der Waals surface area (Å²) in [5.41, 5.74) is 2.19. The molecule has 0 aliphatic heterocycles. The summed E-state index contributed by atoms with van der Waals surface area (Å²) in [6, 6.07) is 9.74. The maximum Gasteiger partial charge on any atom is 0.416 e. The van der Waals surface area contributed by atoms with Gasteiger partial charge in [-0.25, -0.2) is 0 Å². The first kappa shape index (κ1) is 12.1. The van der Waals surface area contributed by atoms with Crippen molar-refractivity contribution in [3.8, 4) is 0 Å². The first-order valence-corrected chi connectivity index (χ1v) is 5.94. The van der Waals surface area contributed by atoms with Crippen molar-refractivity contribution >= 4 is 21.8 Å². The summed E-state index contributed by atoms with van der Waals surface area (Å²) >= 11 is 0. The van der Waals surface area contributed by atoms with Gasteiger partial charge >= 0.3 is 6.18 Å². The van der Waals surface area contributed by atoms with Crippen LogP contribution in [-0.4, -0.2) is 4.57 Å². The molecule has 0 spiro atoms. The molecule has 0 bridgehead atoms. The lowest BCUT2D eigenvalue weighted by atomic mass is 10.1. The lowest BCUT2D eigenvalue weighted by molar-refractivity contribution is -0.137. The van der Waals surface area contributed by atoms with Gasteiger partial charge in [0, 0.05) is 28.9 Å². The van der Waals surface area contributed by atoms with Crippen LogP contribution in [-0.2, 0) is 13.2 Å². The molecule has 0 fully saturated rings. The van der Waals surface area contributed by atoms with Gasteiger partial charge in [0.2, 0.25) is 0 Å². The highest BCUT2D eigenvalue weighted by Gasteiger charge is 2.30. The van der Waals surface area contributed by atoms with E-state index in [2.05, 4.69) is 0 Å². The molecule has 0 N–H and O–H groups in total. The van der Waals surface area contributed by atoms with Crippen molar-refractivity contribution in [1.29, 1.82) is 0 Å². The van der Waals surface area contributed by atoms with Crippen molar-refractivity contribution in [2.45, 2.75) is 13.1 Å². The summed E-state index contributed by atoms with van der Waals surface area (Å²) in [6.45, 7) is 1.94. The van der Waals surface area contributed by atoms with E-state index in [9.17, 15) is 13.2 Å². The number of hydrogen-bond acceptors (Lipinski definition) is 0. The van der Waals surface area contributed by atoms with Crippen LogP contribution >= 0.6 is 0 Å². The summed E-state index contributed by atoms with van der Waals surface area (Å²) in [5.74, 6) is 0. The number of fused-ring (bicyclic) bond motifs is 3. The number of aromatic nitrogens is 1. The molecule has 98 valence electrons. The molecule has 1 heterocycles. The minimum absolute atomic E-state index is 0.603. The van der Waals surface area contributed by atoms with E-state index in [0.29, 0.717) is 5.39 Å². The molecule has 0 saturated heterocycles. The van der Waals surface area contributed by atoms with Crippen molar-refractivity contribution in [3.05, 3.63) is 47.5 Å². The minimum Gasteiger partial charge on any atom is -0.344 e. The topological polar surface area (TPSA) is 4.93 Å². The minimum atomic E-state index is -4.31. The standard InChI is InChI=1S/C15H12F3N/c1-9-3-5-13-11(7-9)12-8-10(15(16,17)18)4-6-14(12)19(13)2/h3-8H,1-2H3. The molecule has 3 aromatic rings. The highest BCUT2D eigenvalue weighted by Crippen LogP contribution is 2.35. The molecule has 0 amide bonds. The van der Waals surface area contributed by atoms with Gasteiger partial charge in [0.05, 0.1) is 5.56 Å². The van der Waals surface area contributed by atoms with Gasteiger partial charge in [0.1, 0.15) is 0 Å². The summed E-state index contributed by atoms with van der Waals surface area (Å²) in [7, 11) is 1.87. The Labute approximate surface area is 108 Å². The molecule has 0 atom stereocenters. The normalized spacial score (nSPS) is 12.5. The van der Waals surface area contributed by atoms with Crippen LogP contribution in [0.1, 0.15) is 11.1 Å². The predicted molar refractivity (Wildman–Crippen MR) is 70.2 cm³/mol. The summed E-state index contributed by atoms with van der Waals surface area (Å²) < 4.78 is 40.3. The zero-order chi connectivity index (χ0) is 13.8. The van der Waals surface area contributed by atoms with Crippen LogP contribution in [0, 0.1) is 6.92 Å². The fourth-order valence-electron chi connectivity index (χ4n) is 2.51. The Morgan fingerprint density at radius 2 is 1.47 bits per heavy atom. The van der Waals surface area contributed by atoms with Crippen LogP contribution in [0.2, 0.25) is 0 Å². The lowest BCUT2D eigenvalue weighted by Crippen LogP contribution is -2.04. The Morgan fingerprint density at radius 1 is 0.895 bits per heavy atom. The molecule has 0 aliphatic carbocycles. The first-order valence-electron chi connectivity index (χ1n) is 5.94. The maximum atomic E-state index is 12.8. The van der Waals surface area contributed by atoms with Crippen LogP contribution in [0.3, 0.4) is 0 Å². The largest absolute Gasteiger partial charge is 0.416 e. The van der Waals surface area contributed by atoms with Crippen LogP contribution < -0.4 is 0 Å². The highest BCUT2D eigenvalue weighted by atomic mass is 19.4. The van der Waals surface area contributed by atoms with Gasteiger partial charge in [-0.05, 0) is 37.3 Å². The van der Waals surface area contributed by atoms with Crippen LogP contribution in [0.15, 0.2) is 36.4 Å². The van der Waals surface area contributed by atoms with Gasteiger partial charge in [-0.1, -0.05) is 11.6 Å². The maximum absolute atomic E-state index is 12.8. The Kier molecular flexibility index (Phi) is 2.39. The number of halogens is 3. The van der Waals surface area contributed by atoms with Gasteiger partial charge in [-0.15, -0.1) is 0 Å². The number of aryl methyl sites for hydroxylation is 2. The molecule has 2 aromatic carbocycles. The van der Waals surface area contributed by atoms with Crippen molar-refractivity contribution in [1.82, 2.24) is 4.57 Å². The monoisotopic (exact) mass is 263 g/mol. The average Bonchev–Trinajstić information content (AvgIpc) is 2.61. The lowest BCUT2D eigenvalue weighted by Gasteiger charge is -2.06. The second-order valence-corrected chi connectivity index (χ2v) is 4.81. The third-order valence-electron chi connectivity index (χ3n) is 3.49. The van der Waals surface area contributed by atoms with E-state index in [0.717, 1.165) is 28.0 Å². The predicted octanol–water partition coefficient (Wildman–Crippen LogP) is 4.66. The van der Waals surface area contributed by atoms with Crippen LogP contribution in [0.4, 0.5) is 13.2 Å². The van der Waals surface area contributed by atoms with Crippen LogP contribution in [0.5, 0.6) is 0 Å². The average molecular weight is 263 g/mol. The zero-order valence-electron chi connectivity index (χ0n) is 10.5. The summed E-state index contributed by atoms with van der Waals surface area (Å²) in [4.78, 5) is 0. The molecule has 0 unspecified atom stereocenters. The Balaban J connectivity index is 2.44. The van der Waals surface area contributed by atoms with Crippen molar-refractivity contribution < 1.29 is 13.2 Å². The Hall–Kier alpha value is -1.97. The number of nitrogens with zero attached hydrogens (tertiary/aromatic N) is 1. The van der Waals surface area contributed by atoms with E-state index < -0.39 is 11.7 Å². The SMILES string of the molecule is Cc1ccc2c(c1)c1cc(C(F)(F)F)ccc1n2C. The van der Waals surface area contributed by atoms with Crippen molar-refractivity contribution in [2.24, 2.45) is 7.05 Å². The molecule has 4 heteroatoms. The molecule has 0 saturated carbocycles. The number of rotatable bonds is 0. The van der Waals surface area contributed by atoms with Gasteiger partial charge in [-0.3, -0.25) is 0 Å². The second kappa shape index (κ2) is 3.76. The fraction of sp³-hybridized carbons (Fsp3) is 0.200. The number of hydrogen-bond donors (Lipinski definition) is 0. The second-order valence-electron chi connectivity index (χ2n) is 4.81. The summed E-state index contributed by atoms with van der Waals surface area (Å²) in [6.07, 6.45) is -4.31. The van der Waals surface area contributed by atoms with E-state index in [1.165, 1.54) is 12.1 Å². The molecule has 0 radical (unpaired) electrons. The smallest absolute Gasteiger partial charge is 0.344 e. The van der Waals surface area contributed by atoms with E-state index in [4.69, 9.17) is 0 Å². The van der Waals surface area contributed by atoms with Gasteiger partial charge in [-0.2, -0.15) is 13.2 Å². The Bertz CT molecular complexity index is 781. The third-order valence-corrected chi connectivity index (χ3v) is 3.49. The highest BCUT2D eigenvalue weighted by molar-refractivity contribution is 6.08. The van der Waals surface area contributed by atoms with Crippen LogP contribution in [0.25, 0.3) is 21.8 Å². The zero-order valence-corrected chi connectivity index (χ0v) is 10.5. The van der Waals surface area contributed by atoms with Crippen molar-refractivity contribution in [3.63, 3.8) is 0 Å². The van der Waals surface area contributed by atoms with E-state index in [1.54, 1.807) is 0 Å². The number of alkyl halides is 3. The third kappa shape index (κ3) is 1.79. The fourth-order valence-corrected chi connectivity index (χ4v) is 2.51. The summed E-state index contributed by atoms with van der Waals surface area (Å²) in [5, 5.41) is 1.51. The molecule has 1 aromatic heterocycles. The Morgan fingerprint density at radius 3 is 2.11 bits per heavy atom. The van der Waals surface area contributed by atoms with Gasteiger partial charge in [0.25, 0.3) is 0 Å². The molecule has 1 nitrogen and oxygen atoms in total. The molecular formula is C15H12F3N. The van der Waals surface area contributed by atoms with Gasteiger partial charge < -0.3 is 4.57 Å². The van der Waals surface area contributed by atoms with E-state index in [-0.39, 0.29) is 0 Å². The quantitative estimate of drug-likeness (QED) is 0.556. The van der Waals surface area contributed by atoms with E-state index in [1.807, 2.05) is 36.7 Å². The number of benzene rings is 2. The molecular weight excluding hydrogens is 251 g/mol. The van der Waals surface area contributed by atoms with Gasteiger partial charge in [0.15, 0.2) is 0 Å². The molecule has 0 aliphatic rings. The molecule has 3 rings (SSSR count).